The summed E-state index contributed by atoms with van der Waals surface area (Å²) >= 11 is 0. The van der Waals surface area contributed by atoms with E-state index in [4.69, 9.17) is 15.6 Å². The summed E-state index contributed by atoms with van der Waals surface area (Å²) in [7, 11) is 0. The van der Waals surface area contributed by atoms with Crippen molar-refractivity contribution >= 4 is 11.9 Å². The molecule has 1 atom stereocenters. The Morgan fingerprint density at radius 3 is 2.55 bits per heavy atom. The summed E-state index contributed by atoms with van der Waals surface area (Å²) in [5, 5.41) is 8.58. The zero-order valence-corrected chi connectivity index (χ0v) is 12.4. The molecule has 1 aliphatic rings. The maximum atomic E-state index is 12.0. The fourth-order valence-electron chi connectivity index (χ4n) is 2.54. The number of hydrogen-bond donors (Lipinski definition) is 2. The van der Waals surface area contributed by atoms with E-state index in [1.165, 1.54) is 0 Å². The lowest BCUT2D eigenvalue weighted by atomic mass is 9.93. The van der Waals surface area contributed by atoms with E-state index in [1.54, 1.807) is 4.90 Å². The minimum Gasteiger partial charge on any atom is -0.480 e. The van der Waals surface area contributed by atoms with E-state index < -0.39 is 11.6 Å². The molecule has 0 aromatic carbocycles. The van der Waals surface area contributed by atoms with Gasteiger partial charge in [-0.1, -0.05) is 13.3 Å². The number of nitrogens with zero attached hydrogens (tertiary/aromatic N) is 1. The number of rotatable bonds is 9. The van der Waals surface area contributed by atoms with Crippen molar-refractivity contribution in [3.63, 3.8) is 0 Å². The van der Waals surface area contributed by atoms with Crippen LogP contribution in [0.15, 0.2) is 0 Å². The summed E-state index contributed by atoms with van der Waals surface area (Å²) in [4.78, 5) is 24.2. The molecule has 1 fully saturated rings. The molecule has 116 valence electrons. The van der Waals surface area contributed by atoms with Gasteiger partial charge in [0.05, 0.1) is 13.1 Å². The maximum Gasteiger partial charge on any atom is 0.329 e. The van der Waals surface area contributed by atoms with Gasteiger partial charge in [0.25, 0.3) is 0 Å². The van der Waals surface area contributed by atoms with Crippen LogP contribution in [0.25, 0.3) is 0 Å². The van der Waals surface area contributed by atoms with Crippen LogP contribution in [0, 0.1) is 5.92 Å². The minimum absolute atomic E-state index is 0.122. The Morgan fingerprint density at radius 2 is 2.05 bits per heavy atom. The van der Waals surface area contributed by atoms with Crippen molar-refractivity contribution in [2.24, 2.45) is 11.7 Å². The van der Waals surface area contributed by atoms with Crippen molar-refractivity contribution in [2.75, 3.05) is 26.2 Å². The molecule has 3 N–H and O–H groups in total. The number of carbonyl (C=O) groups excluding carboxylic acids is 1. The van der Waals surface area contributed by atoms with Gasteiger partial charge in [0.15, 0.2) is 0 Å². The number of ether oxygens (including phenoxy) is 1. The van der Waals surface area contributed by atoms with E-state index in [-0.39, 0.29) is 12.5 Å². The number of aliphatic carboxylic acids is 1. The highest BCUT2D eigenvalue weighted by atomic mass is 16.5. The molecule has 1 amide bonds. The van der Waals surface area contributed by atoms with Gasteiger partial charge in [-0.3, -0.25) is 4.79 Å². The highest BCUT2D eigenvalue weighted by molar-refractivity contribution is 5.77. The van der Waals surface area contributed by atoms with Crippen molar-refractivity contribution in [3.05, 3.63) is 0 Å². The molecule has 1 aliphatic heterocycles. The largest absolute Gasteiger partial charge is 0.480 e. The molecule has 0 radical (unpaired) electrons. The number of nitrogens with two attached hydrogens (primary N) is 1. The summed E-state index contributed by atoms with van der Waals surface area (Å²) in [5.41, 5.74) is 5.04. The van der Waals surface area contributed by atoms with Crippen LogP contribution in [-0.2, 0) is 14.3 Å². The third-order valence-corrected chi connectivity index (χ3v) is 3.87. The van der Waals surface area contributed by atoms with Gasteiger partial charge in [-0.25, -0.2) is 4.79 Å². The number of hydrogen-bond acceptors (Lipinski definition) is 4. The highest BCUT2D eigenvalue weighted by Crippen LogP contribution is 2.26. The van der Waals surface area contributed by atoms with Crippen LogP contribution in [0.4, 0.5) is 0 Å². The zero-order chi connectivity index (χ0) is 15.2. The van der Waals surface area contributed by atoms with Crippen LogP contribution < -0.4 is 5.73 Å². The summed E-state index contributed by atoms with van der Waals surface area (Å²) in [5.74, 6) is -0.347. The monoisotopic (exact) mass is 286 g/mol. The van der Waals surface area contributed by atoms with Crippen LogP contribution in [-0.4, -0.2) is 53.7 Å². The Morgan fingerprint density at radius 1 is 1.40 bits per heavy atom. The maximum absolute atomic E-state index is 12.0. The SMILES string of the molecule is CCC(CCN)CCC(=O)N1CC(C)(OCC(=O)O)C1. The van der Waals surface area contributed by atoms with Gasteiger partial charge in [-0.05, 0) is 32.2 Å². The van der Waals surface area contributed by atoms with E-state index in [9.17, 15) is 9.59 Å². The van der Waals surface area contributed by atoms with E-state index in [2.05, 4.69) is 6.92 Å². The molecule has 0 spiro atoms. The molecular formula is C14H26N2O4. The average Bonchev–Trinajstić information content (AvgIpc) is 2.37. The van der Waals surface area contributed by atoms with Crippen LogP contribution in [0.2, 0.25) is 0 Å². The smallest absolute Gasteiger partial charge is 0.329 e. The zero-order valence-electron chi connectivity index (χ0n) is 12.4. The van der Waals surface area contributed by atoms with Gasteiger partial charge in [0, 0.05) is 6.42 Å². The number of carboxylic acids is 1. The molecule has 20 heavy (non-hydrogen) atoms. The number of amides is 1. The predicted molar refractivity (Wildman–Crippen MR) is 75.3 cm³/mol. The predicted octanol–water partition coefficient (Wildman–Crippen LogP) is 0.844. The van der Waals surface area contributed by atoms with E-state index >= 15 is 0 Å². The first-order chi connectivity index (χ1) is 9.40. The molecule has 6 nitrogen and oxygen atoms in total. The Bertz CT molecular complexity index is 340. The standard InChI is InChI=1S/C14H26N2O4/c1-3-11(6-7-15)4-5-12(17)16-9-14(2,10-16)20-8-13(18)19/h11H,3-10,15H2,1-2H3,(H,18,19). The summed E-state index contributed by atoms with van der Waals surface area (Å²) < 4.78 is 5.28. The normalized spacial score (nSPS) is 18.4. The molecule has 0 bridgehead atoms. The summed E-state index contributed by atoms with van der Waals surface area (Å²) in [6, 6.07) is 0. The topological polar surface area (TPSA) is 92.9 Å². The Hall–Kier alpha value is -1.14. The van der Waals surface area contributed by atoms with E-state index in [1.807, 2.05) is 6.92 Å². The molecule has 0 aromatic heterocycles. The lowest BCUT2D eigenvalue weighted by Gasteiger charge is -2.47. The second-order valence-corrected chi connectivity index (χ2v) is 5.77. The third kappa shape index (κ3) is 5.09. The first-order valence-corrected chi connectivity index (χ1v) is 7.24. The Balaban J connectivity index is 2.25. The van der Waals surface area contributed by atoms with Gasteiger partial charge in [-0.15, -0.1) is 0 Å². The molecular weight excluding hydrogens is 260 g/mol. The molecule has 1 unspecified atom stereocenters. The first-order valence-electron chi connectivity index (χ1n) is 7.24. The minimum atomic E-state index is -0.983. The van der Waals surface area contributed by atoms with Gasteiger partial charge >= 0.3 is 5.97 Å². The van der Waals surface area contributed by atoms with Crippen LogP contribution in [0.1, 0.15) is 39.5 Å². The summed E-state index contributed by atoms with van der Waals surface area (Å²) in [6.45, 7) is 5.26. The van der Waals surface area contributed by atoms with Crippen molar-refractivity contribution in [3.8, 4) is 0 Å². The second-order valence-electron chi connectivity index (χ2n) is 5.77. The van der Waals surface area contributed by atoms with Crippen molar-refractivity contribution in [2.45, 2.75) is 45.1 Å². The second kappa shape index (κ2) is 7.59. The highest BCUT2D eigenvalue weighted by Gasteiger charge is 2.42. The van der Waals surface area contributed by atoms with Crippen molar-refractivity contribution in [1.29, 1.82) is 0 Å². The van der Waals surface area contributed by atoms with Crippen LogP contribution in [0.5, 0.6) is 0 Å². The Labute approximate surface area is 120 Å². The van der Waals surface area contributed by atoms with Crippen molar-refractivity contribution < 1.29 is 19.4 Å². The Kier molecular flexibility index (Phi) is 6.42. The fraction of sp³-hybridized carbons (Fsp3) is 0.857. The van der Waals surface area contributed by atoms with Gasteiger partial charge in [-0.2, -0.15) is 0 Å². The van der Waals surface area contributed by atoms with E-state index in [0.29, 0.717) is 32.0 Å². The molecule has 1 heterocycles. The third-order valence-electron chi connectivity index (χ3n) is 3.87. The van der Waals surface area contributed by atoms with Gasteiger partial charge in [0.1, 0.15) is 12.2 Å². The number of carbonyl (C=O) groups is 2. The molecule has 0 aliphatic carbocycles. The number of carboxylic acid groups (broad SMARTS) is 1. The van der Waals surface area contributed by atoms with Gasteiger partial charge in [0.2, 0.25) is 5.91 Å². The van der Waals surface area contributed by atoms with Gasteiger partial charge < -0.3 is 20.5 Å². The first kappa shape index (κ1) is 16.9. The lowest BCUT2D eigenvalue weighted by Crippen LogP contribution is -2.63. The number of likely N-dealkylation sites (tertiary alicyclic amines) is 1. The molecule has 1 rings (SSSR count). The molecule has 0 saturated carbocycles. The van der Waals surface area contributed by atoms with E-state index in [0.717, 1.165) is 19.3 Å². The lowest BCUT2D eigenvalue weighted by molar-refractivity contribution is -0.173. The van der Waals surface area contributed by atoms with Crippen molar-refractivity contribution in [1.82, 2.24) is 4.90 Å². The quantitative estimate of drug-likeness (QED) is 0.655. The molecule has 0 aromatic rings. The summed E-state index contributed by atoms with van der Waals surface area (Å²) in [6.07, 6.45) is 3.41. The van der Waals surface area contributed by atoms with Crippen LogP contribution in [0.3, 0.4) is 0 Å². The molecule has 6 heteroatoms. The fourth-order valence-corrected chi connectivity index (χ4v) is 2.54. The van der Waals surface area contributed by atoms with Crippen LogP contribution >= 0.6 is 0 Å². The average molecular weight is 286 g/mol. The molecule has 1 saturated heterocycles.